The van der Waals surface area contributed by atoms with Crippen molar-refractivity contribution in [1.29, 1.82) is 0 Å². The molecule has 0 saturated carbocycles. The minimum Gasteiger partial charge on any atom is -0.496 e. The highest BCUT2D eigenvalue weighted by Crippen LogP contribution is 2.35. The second-order valence-corrected chi connectivity index (χ2v) is 6.89. The number of aliphatic hydroxyl groups excluding tert-OH is 1. The number of hydrogen-bond acceptors (Lipinski definition) is 4. The SMILES string of the molecule is COc1cccc(F)c1C(CO)NC(=O)N1CCc2cc(-c3cn[nH]c3)c(F)cc21. The first-order valence-electron chi connectivity index (χ1n) is 9.36. The number of carbonyl (C=O) groups excluding carboxylic acids is 1. The Bertz CT molecular complexity index is 1070. The number of methoxy groups -OCH3 is 1. The van der Waals surface area contributed by atoms with Crippen LogP contribution in [-0.4, -0.2) is 41.6 Å². The van der Waals surface area contributed by atoms with Crippen LogP contribution in [0.5, 0.6) is 5.75 Å². The maximum absolute atomic E-state index is 14.7. The van der Waals surface area contributed by atoms with Gasteiger partial charge >= 0.3 is 6.03 Å². The molecular formula is C21H20F2N4O3. The summed E-state index contributed by atoms with van der Waals surface area (Å²) in [5.74, 6) is -0.873. The molecule has 7 nitrogen and oxygen atoms in total. The number of nitrogens with one attached hydrogen (secondary N) is 2. The van der Waals surface area contributed by atoms with Crippen LogP contribution < -0.4 is 15.0 Å². The topological polar surface area (TPSA) is 90.5 Å². The summed E-state index contributed by atoms with van der Waals surface area (Å²) in [4.78, 5) is 14.3. The predicted octanol–water partition coefficient (Wildman–Crippen LogP) is 3.17. The molecule has 1 aliphatic rings. The first-order chi connectivity index (χ1) is 14.5. The van der Waals surface area contributed by atoms with Gasteiger partial charge in [-0.2, -0.15) is 5.10 Å². The molecule has 0 radical (unpaired) electrons. The summed E-state index contributed by atoms with van der Waals surface area (Å²) in [5.41, 5.74) is 2.32. The molecule has 1 aliphatic heterocycles. The fourth-order valence-corrected chi connectivity index (χ4v) is 3.71. The number of benzene rings is 2. The molecule has 3 aromatic rings. The van der Waals surface area contributed by atoms with Crippen LogP contribution in [0.2, 0.25) is 0 Å². The van der Waals surface area contributed by atoms with E-state index in [-0.39, 0.29) is 11.3 Å². The van der Waals surface area contributed by atoms with Crippen LogP contribution in [-0.2, 0) is 6.42 Å². The highest BCUT2D eigenvalue weighted by atomic mass is 19.1. The van der Waals surface area contributed by atoms with Gasteiger partial charge < -0.3 is 15.2 Å². The Morgan fingerprint density at radius 1 is 1.37 bits per heavy atom. The lowest BCUT2D eigenvalue weighted by Gasteiger charge is -2.24. The average molecular weight is 414 g/mol. The van der Waals surface area contributed by atoms with E-state index in [1.165, 1.54) is 36.4 Å². The zero-order chi connectivity index (χ0) is 21.3. The maximum Gasteiger partial charge on any atom is 0.322 e. The van der Waals surface area contributed by atoms with E-state index in [9.17, 15) is 18.7 Å². The standard InChI is InChI=1S/C21H20F2N4O3/c1-30-19-4-2-3-15(22)20(19)17(11-28)26-21(29)27-6-5-12-7-14(13-9-24-25-10-13)16(23)8-18(12)27/h2-4,7-10,17,28H,5-6,11H2,1H3,(H,24,25)(H,26,29). The number of fused-ring (bicyclic) bond motifs is 1. The summed E-state index contributed by atoms with van der Waals surface area (Å²) in [6, 6.07) is 5.68. The molecule has 1 unspecified atom stereocenters. The Morgan fingerprint density at radius 3 is 2.90 bits per heavy atom. The van der Waals surface area contributed by atoms with Gasteiger partial charge in [-0.1, -0.05) is 6.07 Å². The van der Waals surface area contributed by atoms with Crippen molar-refractivity contribution in [2.24, 2.45) is 0 Å². The van der Waals surface area contributed by atoms with Gasteiger partial charge in [-0.25, -0.2) is 13.6 Å². The van der Waals surface area contributed by atoms with Crippen LogP contribution in [0.1, 0.15) is 17.2 Å². The number of aromatic nitrogens is 2. The number of halogens is 2. The molecule has 9 heteroatoms. The van der Waals surface area contributed by atoms with Crippen LogP contribution in [0, 0.1) is 11.6 Å². The molecule has 4 rings (SSSR count). The van der Waals surface area contributed by atoms with Crippen molar-refractivity contribution in [2.45, 2.75) is 12.5 Å². The van der Waals surface area contributed by atoms with E-state index >= 15 is 0 Å². The third kappa shape index (κ3) is 3.48. The summed E-state index contributed by atoms with van der Waals surface area (Å²) in [6.07, 6.45) is 3.66. The molecule has 2 heterocycles. The minimum atomic E-state index is -1.02. The fourth-order valence-electron chi connectivity index (χ4n) is 3.71. The molecule has 3 N–H and O–H groups in total. The number of H-pyrrole nitrogens is 1. The average Bonchev–Trinajstić information content (AvgIpc) is 3.41. The number of ether oxygens (including phenoxy) is 1. The summed E-state index contributed by atoms with van der Waals surface area (Å²) < 4.78 is 34.2. The van der Waals surface area contributed by atoms with Gasteiger partial charge in [-0.05, 0) is 36.2 Å². The molecule has 1 aromatic heterocycles. The number of aliphatic hydroxyl groups is 1. The lowest BCUT2D eigenvalue weighted by molar-refractivity contribution is 0.218. The first-order valence-corrected chi connectivity index (χ1v) is 9.36. The lowest BCUT2D eigenvalue weighted by Crippen LogP contribution is -2.42. The molecule has 1 atom stereocenters. The van der Waals surface area contributed by atoms with Gasteiger partial charge in [0.05, 0.1) is 37.2 Å². The molecule has 30 heavy (non-hydrogen) atoms. The zero-order valence-electron chi connectivity index (χ0n) is 16.2. The highest BCUT2D eigenvalue weighted by molar-refractivity contribution is 5.95. The van der Waals surface area contributed by atoms with Crippen LogP contribution in [0.3, 0.4) is 0 Å². The summed E-state index contributed by atoms with van der Waals surface area (Å²) in [7, 11) is 1.38. The monoisotopic (exact) mass is 414 g/mol. The van der Waals surface area contributed by atoms with Crippen molar-refractivity contribution < 1.29 is 23.4 Å². The number of rotatable bonds is 5. The molecular weight excluding hydrogens is 394 g/mol. The molecule has 0 saturated heterocycles. The lowest BCUT2D eigenvalue weighted by atomic mass is 10.0. The van der Waals surface area contributed by atoms with Gasteiger partial charge in [0.1, 0.15) is 17.4 Å². The van der Waals surface area contributed by atoms with E-state index in [1.807, 2.05) is 0 Å². The Hall–Kier alpha value is -3.46. The van der Waals surface area contributed by atoms with Crippen LogP contribution in [0.4, 0.5) is 19.3 Å². The van der Waals surface area contributed by atoms with E-state index in [1.54, 1.807) is 18.3 Å². The number of nitrogens with zero attached hydrogens (tertiary/aromatic N) is 2. The van der Waals surface area contributed by atoms with Crippen LogP contribution in [0.15, 0.2) is 42.7 Å². The molecule has 0 bridgehead atoms. The van der Waals surface area contributed by atoms with Gasteiger partial charge in [-0.15, -0.1) is 0 Å². The Labute approximate surface area is 171 Å². The van der Waals surface area contributed by atoms with E-state index in [0.717, 1.165) is 5.56 Å². The van der Waals surface area contributed by atoms with Crippen molar-refractivity contribution >= 4 is 11.7 Å². The van der Waals surface area contributed by atoms with Gasteiger partial charge in [0, 0.05) is 23.9 Å². The van der Waals surface area contributed by atoms with Crippen molar-refractivity contribution in [2.75, 3.05) is 25.2 Å². The van der Waals surface area contributed by atoms with Gasteiger partial charge in [0.2, 0.25) is 0 Å². The molecule has 0 aliphatic carbocycles. The minimum absolute atomic E-state index is 0.0526. The third-order valence-electron chi connectivity index (χ3n) is 5.18. The van der Waals surface area contributed by atoms with Gasteiger partial charge in [-0.3, -0.25) is 10.00 Å². The van der Waals surface area contributed by atoms with Gasteiger partial charge in [0.25, 0.3) is 0 Å². The molecule has 0 fully saturated rings. The van der Waals surface area contributed by atoms with Crippen molar-refractivity contribution in [1.82, 2.24) is 15.5 Å². The Balaban J connectivity index is 1.60. The van der Waals surface area contributed by atoms with Gasteiger partial charge in [0.15, 0.2) is 0 Å². The number of hydrogen-bond donors (Lipinski definition) is 3. The number of amides is 2. The summed E-state index contributed by atoms with van der Waals surface area (Å²) >= 11 is 0. The third-order valence-corrected chi connectivity index (χ3v) is 5.18. The second kappa shape index (κ2) is 8.11. The van der Waals surface area contributed by atoms with Crippen LogP contribution >= 0.6 is 0 Å². The number of aromatic amines is 1. The largest absolute Gasteiger partial charge is 0.496 e. The van der Waals surface area contributed by atoms with Crippen molar-refractivity contribution in [3.05, 3.63) is 65.5 Å². The Morgan fingerprint density at radius 2 is 2.20 bits per heavy atom. The Kier molecular flexibility index (Phi) is 5.37. The fraction of sp³-hybridized carbons (Fsp3) is 0.238. The zero-order valence-corrected chi connectivity index (χ0v) is 16.2. The van der Waals surface area contributed by atoms with Crippen molar-refractivity contribution in [3.63, 3.8) is 0 Å². The number of carbonyl (C=O) groups is 1. The molecule has 0 spiro atoms. The van der Waals surface area contributed by atoms with E-state index in [2.05, 4.69) is 15.5 Å². The number of urea groups is 1. The maximum atomic E-state index is 14.7. The number of anilines is 1. The smallest absolute Gasteiger partial charge is 0.322 e. The normalized spacial score (nSPS) is 13.8. The molecule has 2 aromatic carbocycles. The second-order valence-electron chi connectivity index (χ2n) is 6.89. The van der Waals surface area contributed by atoms with Crippen LogP contribution in [0.25, 0.3) is 11.1 Å². The van der Waals surface area contributed by atoms with E-state index < -0.39 is 30.3 Å². The summed E-state index contributed by atoms with van der Waals surface area (Å²) in [6.45, 7) is -0.195. The predicted molar refractivity (Wildman–Crippen MR) is 106 cm³/mol. The quantitative estimate of drug-likeness (QED) is 0.598. The molecule has 156 valence electrons. The molecule has 2 amide bonds. The van der Waals surface area contributed by atoms with E-state index in [0.29, 0.717) is 29.8 Å². The highest BCUT2D eigenvalue weighted by Gasteiger charge is 2.30. The van der Waals surface area contributed by atoms with Crippen molar-refractivity contribution in [3.8, 4) is 16.9 Å². The first kappa shape index (κ1) is 19.8. The summed E-state index contributed by atoms with van der Waals surface area (Å²) in [5, 5.41) is 18.9. The van der Waals surface area contributed by atoms with E-state index in [4.69, 9.17) is 4.74 Å².